The molecule has 39 heavy (non-hydrogen) atoms. The lowest BCUT2D eigenvalue weighted by Crippen LogP contribution is -2.22. The van der Waals surface area contributed by atoms with Crippen molar-refractivity contribution < 1.29 is 4.79 Å². The zero-order valence-electron chi connectivity index (χ0n) is 21.4. The molecule has 6 nitrogen and oxygen atoms in total. The number of hydrogen-bond acceptors (Lipinski definition) is 4. The van der Waals surface area contributed by atoms with Gasteiger partial charge in [0.25, 0.3) is 5.91 Å². The van der Waals surface area contributed by atoms with Crippen LogP contribution in [0, 0.1) is 0 Å². The number of halogens is 1. The van der Waals surface area contributed by atoms with Crippen molar-refractivity contribution in [1.29, 1.82) is 0 Å². The number of hydrogen-bond donors (Lipinski definition) is 2. The van der Waals surface area contributed by atoms with Crippen LogP contribution in [0.25, 0.3) is 27.7 Å². The Morgan fingerprint density at radius 3 is 2.36 bits per heavy atom. The van der Waals surface area contributed by atoms with Gasteiger partial charge in [0.05, 0.1) is 5.69 Å². The van der Waals surface area contributed by atoms with E-state index >= 15 is 0 Å². The molecule has 6 rings (SSSR count). The van der Waals surface area contributed by atoms with Gasteiger partial charge >= 0.3 is 0 Å². The number of aromatic nitrogens is 3. The van der Waals surface area contributed by atoms with Gasteiger partial charge < -0.3 is 10.6 Å². The van der Waals surface area contributed by atoms with Crippen molar-refractivity contribution in [2.24, 2.45) is 0 Å². The minimum atomic E-state index is -0.0861. The molecule has 0 aliphatic carbocycles. The largest absolute Gasteiger partial charge is 0.366 e. The SMILES string of the molecule is Bc1cnn2c(NCc3ccc(CNC(=O)c4ccc5ccccc5c4)cc3)cc(-c3ccccc3Cl)nc12. The normalized spacial score (nSPS) is 11.1. The van der Waals surface area contributed by atoms with Gasteiger partial charge in [0.2, 0.25) is 0 Å². The van der Waals surface area contributed by atoms with Crippen LogP contribution in [0.5, 0.6) is 0 Å². The van der Waals surface area contributed by atoms with E-state index in [1.165, 1.54) is 0 Å². The van der Waals surface area contributed by atoms with E-state index in [0.717, 1.165) is 50.1 Å². The van der Waals surface area contributed by atoms with E-state index in [-0.39, 0.29) is 5.91 Å². The third kappa shape index (κ3) is 5.22. The fraction of sp³-hybridized carbons (Fsp3) is 0.0645. The number of nitrogens with zero attached hydrogens (tertiary/aromatic N) is 3. The number of rotatable bonds is 7. The summed E-state index contributed by atoms with van der Waals surface area (Å²) in [6, 6.07) is 31.6. The number of carbonyl (C=O) groups excluding carboxylic acids is 1. The number of fused-ring (bicyclic) bond motifs is 2. The molecule has 2 aromatic heterocycles. The predicted octanol–water partition coefficient (Wildman–Crippen LogP) is 5.00. The molecular weight excluding hydrogens is 505 g/mol. The van der Waals surface area contributed by atoms with Crippen LogP contribution >= 0.6 is 11.6 Å². The second kappa shape index (κ2) is 10.6. The monoisotopic (exact) mass is 529 g/mol. The van der Waals surface area contributed by atoms with Gasteiger partial charge in [0.1, 0.15) is 13.7 Å². The lowest BCUT2D eigenvalue weighted by molar-refractivity contribution is 0.0951. The first kappa shape index (κ1) is 24.7. The summed E-state index contributed by atoms with van der Waals surface area (Å²) >= 11 is 6.46. The minimum Gasteiger partial charge on any atom is -0.366 e. The summed E-state index contributed by atoms with van der Waals surface area (Å²) in [5.74, 6) is 0.742. The molecule has 0 spiro atoms. The molecule has 0 saturated carbocycles. The van der Waals surface area contributed by atoms with Crippen LogP contribution in [-0.4, -0.2) is 28.4 Å². The van der Waals surface area contributed by atoms with Crippen molar-refractivity contribution in [2.45, 2.75) is 13.1 Å². The lowest BCUT2D eigenvalue weighted by atomic mass is 10.0. The van der Waals surface area contributed by atoms with Crippen molar-refractivity contribution >= 4 is 53.1 Å². The van der Waals surface area contributed by atoms with E-state index in [0.29, 0.717) is 23.7 Å². The number of benzene rings is 4. The summed E-state index contributed by atoms with van der Waals surface area (Å²) in [5.41, 5.74) is 6.23. The maximum atomic E-state index is 12.7. The van der Waals surface area contributed by atoms with Crippen molar-refractivity contribution in [3.05, 3.63) is 125 Å². The Bertz CT molecular complexity index is 1820. The fourth-order valence-electron chi connectivity index (χ4n) is 4.59. The average Bonchev–Trinajstić information content (AvgIpc) is 3.35. The quantitative estimate of drug-likeness (QED) is 0.285. The molecule has 2 N–H and O–H groups in total. The van der Waals surface area contributed by atoms with Gasteiger partial charge in [-0.15, -0.1) is 0 Å². The highest BCUT2D eigenvalue weighted by molar-refractivity contribution is 6.36. The van der Waals surface area contributed by atoms with Crippen molar-refractivity contribution in [2.75, 3.05) is 5.32 Å². The molecule has 2 heterocycles. The molecule has 0 unspecified atom stereocenters. The number of anilines is 1. The first-order valence-electron chi connectivity index (χ1n) is 12.7. The summed E-state index contributed by atoms with van der Waals surface area (Å²) in [7, 11) is 1.99. The standard InChI is InChI=1S/C31H25BClN5O/c32-26-19-36-38-29(16-28(37-30(26)38)25-7-3-4-8-27(25)33)34-17-20-9-11-21(12-10-20)18-35-31(39)24-14-13-22-5-1-2-6-23(22)15-24/h1-16,19,34H,17-18,32H2,(H,35,39). The molecule has 190 valence electrons. The Morgan fingerprint density at radius 1 is 0.846 bits per heavy atom. The molecule has 8 heteroatoms. The lowest BCUT2D eigenvalue weighted by Gasteiger charge is -2.12. The van der Waals surface area contributed by atoms with Crippen LogP contribution in [0.2, 0.25) is 5.02 Å². The zero-order valence-corrected chi connectivity index (χ0v) is 22.1. The topological polar surface area (TPSA) is 71.3 Å². The van der Waals surface area contributed by atoms with Crippen LogP contribution in [-0.2, 0) is 13.1 Å². The second-order valence-corrected chi connectivity index (χ2v) is 9.89. The summed E-state index contributed by atoms with van der Waals surface area (Å²) in [5, 5.41) is 13.9. The highest BCUT2D eigenvalue weighted by Gasteiger charge is 2.13. The summed E-state index contributed by atoms with van der Waals surface area (Å²) in [6.07, 6.45) is 1.81. The Labute approximate surface area is 232 Å². The molecule has 1 amide bonds. The van der Waals surface area contributed by atoms with Crippen molar-refractivity contribution in [3.8, 4) is 11.3 Å². The summed E-state index contributed by atoms with van der Waals surface area (Å²) < 4.78 is 1.81. The van der Waals surface area contributed by atoms with E-state index < -0.39 is 0 Å². The smallest absolute Gasteiger partial charge is 0.251 e. The van der Waals surface area contributed by atoms with Gasteiger partial charge in [-0.05, 0) is 45.6 Å². The van der Waals surface area contributed by atoms with Gasteiger partial charge in [-0.25, -0.2) is 4.98 Å². The van der Waals surface area contributed by atoms with Gasteiger partial charge in [-0.2, -0.15) is 9.61 Å². The maximum Gasteiger partial charge on any atom is 0.251 e. The molecule has 0 radical (unpaired) electrons. The molecule has 0 fully saturated rings. The van der Waals surface area contributed by atoms with E-state index in [9.17, 15) is 4.79 Å². The maximum absolute atomic E-state index is 12.7. The first-order chi connectivity index (χ1) is 19.0. The van der Waals surface area contributed by atoms with Crippen LogP contribution in [0.1, 0.15) is 21.5 Å². The molecule has 0 aliphatic heterocycles. The predicted molar refractivity (Wildman–Crippen MR) is 160 cm³/mol. The van der Waals surface area contributed by atoms with E-state index in [4.69, 9.17) is 16.6 Å². The number of nitrogens with one attached hydrogen (secondary N) is 2. The van der Waals surface area contributed by atoms with Gasteiger partial charge in [0.15, 0.2) is 5.65 Å². The highest BCUT2D eigenvalue weighted by atomic mass is 35.5. The molecule has 0 saturated heterocycles. The molecule has 0 atom stereocenters. The highest BCUT2D eigenvalue weighted by Crippen LogP contribution is 2.28. The number of amides is 1. The molecular formula is C31H25BClN5O. The fourth-order valence-corrected chi connectivity index (χ4v) is 4.82. The average molecular weight is 530 g/mol. The van der Waals surface area contributed by atoms with E-state index in [2.05, 4.69) is 27.9 Å². The van der Waals surface area contributed by atoms with Crippen LogP contribution < -0.4 is 16.1 Å². The second-order valence-electron chi connectivity index (χ2n) is 9.48. The van der Waals surface area contributed by atoms with Crippen molar-refractivity contribution in [3.63, 3.8) is 0 Å². The third-order valence-corrected chi connectivity index (χ3v) is 7.09. The van der Waals surface area contributed by atoms with Crippen molar-refractivity contribution in [1.82, 2.24) is 19.9 Å². The van der Waals surface area contributed by atoms with Gasteiger partial charge in [-0.1, -0.05) is 84.4 Å². The minimum absolute atomic E-state index is 0.0861. The molecule has 0 aliphatic rings. The Morgan fingerprint density at radius 2 is 1.56 bits per heavy atom. The van der Waals surface area contributed by atoms with Gasteiger partial charge in [-0.3, -0.25) is 4.79 Å². The Hall–Kier alpha value is -4.62. The van der Waals surface area contributed by atoms with Crippen LogP contribution in [0.15, 0.2) is 103 Å². The third-order valence-electron chi connectivity index (χ3n) is 6.76. The summed E-state index contributed by atoms with van der Waals surface area (Å²) in [6.45, 7) is 1.06. The van der Waals surface area contributed by atoms with E-state index in [1.54, 1.807) is 0 Å². The number of carbonyl (C=O) groups is 1. The summed E-state index contributed by atoms with van der Waals surface area (Å²) in [4.78, 5) is 17.5. The van der Waals surface area contributed by atoms with Crippen LogP contribution in [0.4, 0.5) is 5.82 Å². The zero-order chi connectivity index (χ0) is 26.8. The van der Waals surface area contributed by atoms with Gasteiger partial charge in [0, 0.05) is 41.5 Å². The van der Waals surface area contributed by atoms with Crippen LogP contribution in [0.3, 0.4) is 0 Å². The molecule has 0 bridgehead atoms. The first-order valence-corrected chi connectivity index (χ1v) is 13.1. The van der Waals surface area contributed by atoms with E-state index in [1.807, 2.05) is 103 Å². The molecule has 6 aromatic rings. The molecule has 4 aromatic carbocycles. The Balaban J connectivity index is 1.13. The Kier molecular flexibility index (Phi) is 6.74.